The summed E-state index contributed by atoms with van der Waals surface area (Å²) in [6.45, 7) is 4.94. The van der Waals surface area contributed by atoms with Crippen molar-refractivity contribution in [2.75, 3.05) is 12.4 Å². The Bertz CT molecular complexity index is 522. The normalized spacial score (nSPS) is 10.4. The minimum atomic E-state index is 0.766. The molecule has 0 spiro atoms. The summed E-state index contributed by atoms with van der Waals surface area (Å²) in [5, 5.41) is 6.68. The van der Waals surface area contributed by atoms with E-state index in [2.05, 4.69) is 28.7 Å². The molecule has 0 aliphatic carbocycles. The first-order valence-electron chi connectivity index (χ1n) is 6.04. The largest absolute Gasteiger partial charge is 0.496 e. The molecule has 3 nitrogen and oxygen atoms in total. The Morgan fingerprint density at radius 2 is 2.22 bits per heavy atom. The van der Waals surface area contributed by atoms with Crippen molar-refractivity contribution in [2.24, 2.45) is 0 Å². The number of methoxy groups -OCH3 is 1. The zero-order valence-corrected chi connectivity index (χ0v) is 11.8. The van der Waals surface area contributed by atoms with Crippen LogP contribution in [0.3, 0.4) is 0 Å². The van der Waals surface area contributed by atoms with Crippen molar-refractivity contribution in [3.63, 3.8) is 0 Å². The van der Waals surface area contributed by atoms with Crippen LogP contribution in [0.2, 0.25) is 0 Å². The van der Waals surface area contributed by atoms with Crippen molar-refractivity contribution in [1.82, 2.24) is 4.98 Å². The van der Waals surface area contributed by atoms with Crippen LogP contribution < -0.4 is 10.1 Å². The van der Waals surface area contributed by atoms with Gasteiger partial charge in [0.2, 0.25) is 0 Å². The van der Waals surface area contributed by atoms with Crippen LogP contribution >= 0.6 is 11.3 Å². The number of ether oxygens (including phenoxy) is 1. The third-order valence-corrected chi connectivity index (χ3v) is 3.81. The Morgan fingerprint density at radius 3 is 2.83 bits per heavy atom. The van der Waals surface area contributed by atoms with Crippen molar-refractivity contribution in [3.8, 4) is 5.75 Å². The predicted octanol–water partition coefficient (Wildman–Crippen LogP) is 3.63. The van der Waals surface area contributed by atoms with Gasteiger partial charge in [-0.15, -0.1) is 11.3 Å². The highest BCUT2D eigenvalue weighted by atomic mass is 32.1. The van der Waals surface area contributed by atoms with Gasteiger partial charge in [-0.05, 0) is 37.1 Å². The summed E-state index contributed by atoms with van der Waals surface area (Å²) in [6, 6.07) is 6.10. The number of benzene rings is 1. The summed E-state index contributed by atoms with van der Waals surface area (Å²) in [6.07, 6.45) is 1.01. The molecule has 1 aromatic carbocycles. The lowest BCUT2D eigenvalue weighted by molar-refractivity contribution is 0.412. The van der Waals surface area contributed by atoms with Crippen LogP contribution in [0.15, 0.2) is 23.6 Å². The van der Waals surface area contributed by atoms with Crippen LogP contribution in [-0.4, -0.2) is 12.1 Å². The van der Waals surface area contributed by atoms with Gasteiger partial charge in [-0.2, -0.15) is 0 Å². The van der Waals surface area contributed by atoms with Gasteiger partial charge in [-0.25, -0.2) is 4.98 Å². The molecule has 1 N–H and O–H groups in total. The van der Waals surface area contributed by atoms with Gasteiger partial charge in [-0.3, -0.25) is 0 Å². The van der Waals surface area contributed by atoms with E-state index in [0.29, 0.717) is 0 Å². The van der Waals surface area contributed by atoms with Crippen molar-refractivity contribution in [1.29, 1.82) is 0 Å². The summed E-state index contributed by atoms with van der Waals surface area (Å²) in [5.74, 6) is 0.919. The lowest BCUT2D eigenvalue weighted by Gasteiger charge is -2.08. The van der Waals surface area contributed by atoms with Gasteiger partial charge in [0.15, 0.2) is 0 Å². The summed E-state index contributed by atoms with van der Waals surface area (Å²) in [7, 11) is 1.69. The SMILES string of the molecule is CCc1nc(CNc2ccc(OC)c(C)c2)cs1. The fourth-order valence-electron chi connectivity index (χ4n) is 1.77. The molecule has 0 radical (unpaired) electrons. The fraction of sp³-hybridized carbons (Fsp3) is 0.357. The van der Waals surface area contributed by atoms with E-state index in [1.54, 1.807) is 18.4 Å². The van der Waals surface area contributed by atoms with Crippen LogP contribution in [0.5, 0.6) is 5.75 Å². The predicted molar refractivity (Wildman–Crippen MR) is 76.5 cm³/mol. The van der Waals surface area contributed by atoms with E-state index in [9.17, 15) is 0 Å². The molecule has 0 fully saturated rings. The summed E-state index contributed by atoms with van der Waals surface area (Å²) < 4.78 is 5.24. The number of nitrogens with zero attached hydrogens (tertiary/aromatic N) is 1. The third kappa shape index (κ3) is 3.01. The first-order chi connectivity index (χ1) is 8.72. The van der Waals surface area contributed by atoms with Crippen molar-refractivity contribution >= 4 is 17.0 Å². The lowest BCUT2D eigenvalue weighted by Crippen LogP contribution is -2.00. The molecular weight excluding hydrogens is 244 g/mol. The van der Waals surface area contributed by atoms with Gasteiger partial charge < -0.3 is 10.1 Å². The van der Waals surface area contributed by atoms with E-state index in [1.165, 1.54) is 5.01 Å². The maximum atomic E-state index is 5.24. The zero-order valence-electron chi connectivity index (χ0n) is 11.0. The molecule has 4 heteroatoms. The van der Waals surface area contributed by atoms with E-state index >= 15 is 0 Å². The maximum Gasteiger partial charge on any atom is 0.121 e. The number of anilines is 1. The number of aromatic nitrogens is 1. The minimum absolute atomic E-state index is 0.766. The van der Waals surface area contributed by atoms with Gasteiger partial charge >= 0.3 is 0 Å². The first kappa shape index (κ1) is 12.9. The average Bonchev–Trinajstić information content (AvgIpc) is 2.84. The van der Waals surface area contributed by atoms with Gasteiger partial charge in [-0.1, -0.05) is 6.92 Å². The Hall–Kier alpha value is -1.55. The number of thiazole rings is 1. The second-order valence-corrected chi connectivity index (χ2v) is 5.07. The highest BCUT2D eigenvalue weighted by Crippen LogP contribution is 2.22. The molecule has 0 aliphatic heterocycles. The zero-order chi connectivity index (χ0) is 13.0. The highest BCUT2D eigenvalue weighted by Gasteiger charge is 2.02. The molecule has 18 heavy (non-hydrogen) atoms. The van der Waals surface area contributed by atoms with E-state index in [-0.39, 0.29) is 0 Å². The number of nitrogens with one attached hydrogen (secondary N) is 1. The smallest absolute Gasteiger partial charge is 0.121 e. The second kappa shape index (κ2) is 5.87. The number of rotatable bonds is 5. The standard InChI is InChI=1S/C14H18N2OS/c1-4-14-16-12(9-18-14)8-15-11-5-6-13(17-3)10(2)7-11/h5-7,9,15H,4,8H2,1-3H3. The van der Waals surface area contributed by atoms with E-state index in [0.717, 1.165) is 35.7 Å². The average molecular weight is 262 g/mol. The lowest BCUT2D eigenvalue weighted by atomic mass is 10.2. The van der Waals surface area contributed by atoms with E-state index < -0.39 is 0 Å². The van der Waals surface area contributed by atoms with Crippen LogP contribution in [0, 0.1) is 6.92 Å². The topological polar surface area (TPSA) is 34.2 Å². The molecule has 1 heterocycles. The minimum Gasteiger partial charge on any atom is -0.496 e. The van der Waals surface area contributed by atoms with Gasteiger partial charge in [0.25, 0.3) is 0 Å². The number of aryl methyl sites for hydroxylation is 2. The Balaban J connectivity index is 1.99. The Labute approximate surface area is 112 Å². The molecule has 2 rings (SSSR count). The van der Waals surface area contributed by atoms with Gasteiger partial charge in [0, 0.05) is 11.1 Å². The first-order valence-corrected chi connectivity index (χ1v) is 6.92. The van der Waals surface area contributed by atoms with Crippen molar-refractivity contribution in [3.05, 3.63) is 39.8 Å². The molecule has 0 bridgehead atoms. The Morgan fingerprint density at radius 1 is 1.39 bits per heavy atom. The molecule has 0 saturated carbocycles. The molecular formula is C14H18N2OS. The molecule has 0 amide bonds. The van der Waals surface area contributed by atoms with Crippen LogP contribution in [-0.2, 0) is 13.0 Å². The van der Waals surface area contributed by atoms with Crippen molar-refractivity contribution < 1.29 is 4.74 Å². The molecule has 0 aliphatic rings. The van der Waals surface area contributed by atoms with Gasteiger partial charge in [0.1, 0.15) is 5.75 Å². The third-order valence-electron chi connectivity index (χ3n) is 2.77. The summed E-state index contributed by atoms with van der Waals surface area (Å²) >= 11 is 1.72. The molecule has 0 atom stereocenters. The molecule has 2 aromatic rings. The van der Waals surface area contributed by atoms with Crippen LogP contribution in [0.4, 0.5) is 5.69 Å². The van der Waals surface area contributed by atoms with Crippen molar-refractivity contribution in [2.45, 2.75) is 26.8 Å². The maximum absolute atomic E-state index is 5.24. The molecule has 0 unspecified atom stereocenters. The fourth-order valence-corrected chi connectivity index (χ4v) is 2.52. The van der Waals surface area contributed by atoms with E-state index in [1.807, 2.05) is 19.1 Å². The monoisotopic (exact) mass is 262 g/mol. The molecule has 0 saturated heterocycles. The number of hydrogen-bond donors (Lipinski definition) is 1. The van der Waals surface area contributed by atoms with Gasteiger partial charge in [0.05, 0.1) is 24.4 Å². The Kier molecular flexibility index (Phi) is 4.20. The molecule has 1 aromatic heterocycles. The summed E-state index contributed by atoms with van der Waals surface area (Å²) in [4.78, 5) is 4.53. The second-order valence-electron chi connectivity index (χ2n) is 4.12. The molecule has 96 valence electrons. The highest BCUT2D eigenvalue weighted by molar-refractivity contribution is 7.09. The summed E-state index contributed by atoms with van der Waals surface area (Å²) in [5.41, 5.74) is 3.33. The number of hydrogen-bond acceptors (Lipinski definition) is 4. The van der Waals surface area contributed by atoms with Crippen LogP contribution in [0.25, 0.3) is 0 Å². The van der Waals surface area contributed by atoms with E-state index in [4.69, 9.17) is 4.74 Å². The van der Waals surface area contributed by atoms with Crippen LogP contribution in [0.1, 0.15) is 23.2 Å². The quantitative estimate of drug-likeness (QED) is 0.893.